The summed E-state index contributed by atoms with van der Waals surface area (Å²) in [6.07, 6.45) is 1.61. The van der Waals surface area contributed by atoms with Crippen molar-refractivity contribution in [3.63, 3.8) is 0 Å². The van der Waals surface area contributed by atoms with Crippen LogP contribution in [0, 0.1) is 5.92 Å². The number of rotatable bonds is 19. The number of aliphatic hydroxyl groups is 1. The molecule has 1 saturated heterocycles. The third-order valence-corrected chi connectivity index (χ3v) is 11.3. The Morgan fingerprint density at radius 2 is 1.63 bits per heavy atom. The van der Waals surface area contributed by atoms with E-state index in [0.29, 0.717) is 66.7 Å². The van der Waals surface area contributed by atoms with Crippen molar-refractivity contribution in [2.45, 2.75) is 44.4 Å². The molecule has 322 valence electrons. The summed E-state index contributed by atoms with van der Waals surface area (Å²) in [5.74, 6) is 0.279. The lowest BCUT2D eigenvalue weighted by Crippen LogP contribution is -2.35. The lowest BCUT2D eigenvalue weighted by Gasteiger charge is -2.32. The fourth-order valence-electron chi connectivity index (χ4n) is 7.93. The van der Waals surface area contributed by atoms with Gasteiger partial charge in [0.1, 0.15) is 23.2 Å². The monoisotopic (exact) mass is 838 g/mol. The second-order valence-corrected chi connectivity index (χ2v) is 15.7. The molecule has 12 nitrogen and oxygen atoms in total. The predicted molar refractivity (Wildman–Crippen MR) is 238 cm³/mol. The molecular weight excluding hydrogens is 785 g/mol. The molecule has 0 radical (unpaired) electrons. The molecular formula is C50H54N4O8. The summed E-state index contributed by atoms with van der Waals surface area (Å²) >= 11 is 0. The average molecular weight is 839 g/mol. The third kappa shape index (κ3) is 11.5. The van der Waals surface area contributed by atoms with Gasteiger partial charge in [0, 0.05) is 48.8 Å². The number of hydrogen-bond acceptors (Lipinski definition) is 10. The van der Waals surface area contributed by atoms with Crippen LogP contribution in [0.2, 0.25) is 0 Å². The fourth-order valence-corrected chi connectivity index (χ4v) is 7.93. The SMILES string of the molecule is COc1cc(C(=O)NCCCOc2cccc(C(C(=O)OCC3CCN(Cc4ccccc4)CC3)c3ccccc3)c2)ccc1CNC[C@H](O)c1ccc(O)c2[nH]c(=O)ccc12. The molecule has 1 aliphatic rings. The van der Waals surface area contributed by atoms with Crippen LogP contribution in [0.4, 0.5) is 0 Å². The number of ether oxygens (including phenoxy) is 3. The van der Waals surface area contributed by atoms with E-state index in [-0.39, 0.29) is 35.2 Å². The Kier molecular flexibility index (Phi) is 15.0. The molecule has 5 aromatic carbocycles. The zero-order valence-corrected chi connectivity index (χ0v) is 34.9. The number of carbonyl (C=O) groups is 2. The van der Waals surface area contributed by atoms with E-state index < -0.39 is 12.0 Å². The summed E-state index contributed by atoms with van der Waals surface area (Å²) in [5, 5.41) is 27.8. The topological polar surface area (TPSA) is 162 Å². The first kappa shape index (κ1) is 43.6. The van der Waals surface area contributed by atoms with Gasteiger partial charge in [0.15, 0.2) is 0 Å². The second-order valence-electron chi connectivity index (χ2n) is 15.7. The van der Waals surface area contributed by atoms with Crippen LogP contribution in [0.3, 0.4) is 0 Å². The number of aromatic hydroxyl groups is 1. The van der Waals surface area contributed by atoms with Gasteiger partial charge in [-0.15, -0.1) is 0 Å². The highest BCUT2D eigenvalue weighted by molar-refractivity contribution is 5.94. The number of pyridine rings is 1. The fraction of sp³-hybridized carbons (Fsp3) is 0.300. The molecule has 2 heterocycles. The Balaban J connectivity index is 0.863. The van der Waals surface area contributed by atoms with Gasteiger partial charge in [-0.1, -0.05) is 84.9 Å². The molecule has 5 N–H and O–H groups in total. The summed E-state index contributed by atoms with van der Waals surface area (Å²) in [5.41, 5.74) is 4.68. The molecule has 0 saturated carbocycles. The van der Waals surface area contributed by atoms with Crippen LogP contribution in [0.15, 0.2) is 132 Å². The van der Waals surface area contributed by atoms with E-state index in [4.69, 9.17) is 14.2 Å². The van der Waals surface area contributed by atoms with E-state index in [1.54, 1.807) is 30.3 Å². The summed E-state index contributed by atoms with van der Waals surface area (Å²) in [4.78, 5) is 43.7. The minimum atomic E-state index is -0.919. The van der Waals surface area contributed by atoms with Gasteiger partial charge in [-0.3, -0.25) is 19.3 Å². The van der Waals surface area contributed by atoms with Crippen LogP contribution in [0.25, 0.3) is 10.9 Å². The van der Waals surface area contributed by atoms with Gasteiger partial charge in [-0.25, -0.2) is 0 Å². The van der Waals surface area contributed by atoms with E-state index >= 15 is 0 Å². The van der Waals surface area contributed by atoms with Crippen molar-refractivity contribution in [2.24, 2.45) is 5.92 Å². The van der Waals surface area contributed by atoms with E-state index in [9.17, 15) is 24.6 Å². The average Bonchev–Trinajstić information content (AvgIpc) is 3.30. The Morgan fingerprint density at radius 3 is 2.40 bits per heavy atom. The summed E-state index contributed by atoms with van der Waals surface area (Å²) in [6, 6.07) is 39.0. The van der Waals surface area contributed by atoms with Crippen LogP contribution >= 0.6 is 0 Å². The highest BCUT2D eigenvalue weighted by Crippen LogP contribution is 2.31. The zero-order valence-electron chi connectivity index (χ0n) is 34.9. The van der Waals surface area contributed by atoms with Crippen molar-refractivity contribution in [1.82, 2.24) is 20.5 Å². The van der Waals surface area contributed by atoms with Crippen molar-refractivity contribution in [2.75, 3.05) is 46.5 Å². The molecule has 1 unspecified atom stereocenters. The number of hydrogen-bond donors (Lipinski definition) is 5. The molecule has 1 aliphatic heterocycles. The maximum atomic E-state index is 13.8. The summed E-state index contributed by atoms with van der Waals surface area (Å²) in [6.45, 7) is 4.57. The zero-order chi connectivity index (χ0) is 43.3. The Bertz CT molecular complexity index is 2470. The number of benzene rings is 5. The maximum absolute atomic E-state index is 13.8. The van der Waals surface area contributed by atoms with Crippen LogP contribution in [-0.2, 0) is 22.6 Å². The number of aromatic nitrogens is 1. The summed E-state index contributed by atoms with van der Waals surface area (Å²) in [7, 11) is 1.54. The Hall–Kier alpha value is -6.47. The second kappa shape index (κ2) is 21.4. The Labute approximate surface area is 361 Å². The van der Waals surface area contributed by atoms with E-state index in [0.717, 1.165) is 49.2 Å². The number of likely N-dealkylation sites (tertiary alicyclic amines) is 1. The van der Waals surface area contributed by atoms with Crippen molar-refractivity contribution < 1.29 is 34.0 Å². The van der Waals surface area contributed by atoms with Crippen LogP contribution < -0.4 is 25.7 Å². The lowest BCUT2D eigenvalue weighted by atomic mass is 9.91. The van der Waals surface area contributed by atoms with Crippen molar-refractivity contribution in [3.8, 4) is 17.2 Å². The minimum absolute atomic E-state index is 0.0731. The molecule has 1 aromatic heterocycles. The normalized spacial score (nSPS) is 14.2. The largest absolute Gasteiger partial charge is 0.506 e. The number of amides is 1. The molecule has 1 fully saturated rings. The number of fused-ring (bicyclic) bond motifs is 1. The quantitative estimate of drug-likeness (QED) is 0.0431. The lowest BCUT2D eigenvalue weighted by molar-refractivity contribution is -0.146. The molecule has 6 aromatic rings. The number of piperidine rings is 1. The molecule has 1 amide bonds. The number of methoxy groups -OCH3 is 1. The first-order valence-corrected chi connectivity index (χ1v) is 21.1. The van der Waals surface area contributed by atoms with Gasteiger partial charge in [-0.05, 0) is 96.9 Å². The molecule has 12 heteroatoms. The highest BCUT2D eigenvalue weighted by Gasteiger charge is 2.27. The Morgan fingerprint density at radius 1 is 0.871 bits per heavy atom. The molecule has 0 spiro atoms. The van der Waals surface area contributed by atoms with E-state index in [1.165, 1.54) is 24.8 Å². The molecule has 2 atom stereocenters. The number of H-pyrrole nitrogens is 1. The van der Waals surface area contributed by atoms with Crippen molar-refractivity contribution in [3.05, 3.63) is 171 Å². The van der Waals surface area contributed by atoms with Gasteiger partial charge < -0.3 is 40.0 Å². The van der Waals surface area contributed by atoms with Crippen LogP contribution in [0.1, 0.15) is 69.5 Å². The number of esters is 1. The van der Waals surface area contributed by atoms with Crippen molar-refractivity contribution in [1.29, 1.82) is 0 Å². The number of nitrogens with zero attached hydrogens (tertiary/aromatic N) is 1. The number of carbonyl (C=O) groups excluding carboxylic acids is 2. The number of aliphatic hydroxyl groups excluding tert-OH is 1. The number of aromatic amines is 1. The first-order valence-electron chi connectivity index (χ1n) is 21.1. The highest BCUT2D eigenvalue weighted by atomic mass is 16.5. The molecule has 0 aliphatic carbocycles. The van der Waals surface area contributed by atoms with Gasteiger partial charge in [0.05, 0.1) is 31.9 Å². The predicted octanol–water partition coefficient (Wildman–Crippen LogP) is 6.85. The molecule has 0 bridgehead atoms. The maximum Gasteiger partial charge on any atom is 0.317 e. The number of nitrogens with one attached hydrogen (secondary N) is 3. The first-order chi connectivity index (χ1) is 30.2. The number of phenols is 1. The van der Waals surface area contributed by atoms with E-state index in [2.05, 4.69) is 44.8 Å². The van der Waals surface area contributed by atoms with Crippen molar-refractivity contribution >= 4 is 22.8 Å². The number of phenolic OH excluding ortho intramolecular Hbond substituents is 1. The standard InChI is InChI=1S/C50H54N4O8/c1-60-45-29-38(16-17-39(45)30-51-31-44(56)41-18-20-43(55)48-42(41)19-21-46(57)53-48)49(58)52-24-9-27-61-40-15-8-14-37(28-40)47(36-12-6-3-7-13-36)50(59)62-33-35-22-25-54(26-23-35)32-34-10-4-2-5-11-34/h2-8,10-21,28-29,35,44,47,51,55-56H,9,22-27,30-33H2,1H3,(H,52,58)(H,53,57)/t44-,47?/m0/s1. The van der Waals surface area contributed by atoms with Gasteiger partial charge in [-0.2, -0.15) is 0 Å². The van der Waals surface area contributed by atoms with E-state index in [1.807, 2.05) is 60.7 Å². The molecule has 62 heavy (non-hydrogen) atoms. The summed E-state index contributed by atoms with van der Waals surface area (Å²) < 4.78 is 17.7. The van der Waals surface area contributed by atoms with Crippen LogP contribution in [-0.4, -0.2) is 78.5 Å². The minimum Gasteiger partial charge on any atom is -0.506 e. The third-order valence-electron chi connectivity index (χ3n) is 11.3. The van der Waals surface area contributed by atoms with Gasteiger partial charge >= 0.3 is 5.97 Å². The van der Waals surface area contributed by atoms with Crippen LogP contribution in [0.5, 0.6) is 17.2 Å². The molecule has 7 rings (SSSR count). The smallest absolute Gasteiger partial charge is 0.317 e. The van der Waals surface area contributed by atoms with Gasteiger partial charge in [0.25, 0.3) is 5.91 Å². The van der Waals surface area contributed by atoms with Gasteiger partial charge in [0.2, 0.25) is 5.56 Å².